The summed E-state index contributed by atoms with van der Waals surface area (Å²) in [5.41, 5.74) is 7.01. The second kappa shape index (κ2) is 9.24. The summed E-state index contributed by atoms with van der Waals surface area (Å²) in [6.07, 6.45) is 3.30. The van der Waals surface area contributed by atoms with Gasteiger partial charge >= 0.3 is 0 Å². The molecular weight excluding hydrogens is 420 g/mol. The summed E-state index contributed by atoms with van der Waals surface area (Å²) < 4.78 is 4.76. The van der Waals surface area contributed by atoms with Crippen molar-refractivity contribution in [2.45, 2.75) is 90.5 Å². The number of hydrogen-bond donors (Lipinski definition) is 2. The highest BCUT2D eigenvalue weighted by Gasteiger charge is 2.53. The van der Waals surface area contributed by atoms with E-state index in [0.717, 1.165) is 49.9 Å². The van der Waals surface area contributed by atoms with E-state index in [4.69, 9.17) is 0 Å². The number of benzene rings is 2. The molecule has 1 saturated carbocycles. The average molecular weight is 459 g/mol. The number of aryl methyl sites for hydroxylation is 2. The van der Waals surface area contributed by atoms with E-state index in [1.54, 1.807) is 0 Å². The van der Waals surface area contributed by atoms with Crippen LogP contribution in [0.25, 0.3) is 21.8 Å². The van der Waals surface area contributed by atoms with Gasteiger partial charge in [0.2, 0.25) is 0 Å². The van der Waals surface area contributed by atoms with Gasteiger partial charge in [0, 0.05) is 58.1 Å². The lowest BCUT2D eigenvalue weighted by atomic mass is 9.62. The zero-order valence-electron chi connectivity index (χ0n) is 21.0. The van der Waals surface area contributed by atoms with E-state index in [1.165, 1.54) is 33.2 Å². The predicted molar refractivity (Wildman–Crippen MR) is 141 cm³/mol. The van der Waals surface area contributed by atoms with Crippen molar-refractivity contribution in [3.8, 4) is 0 Å². The van der Waals surface area contributed by atoms with E-state index in [-0.39, 0.29) is 11.8 Å². The smallest absolute Gasteiger partial charge is 0.0729 e. The van der Waals surface area contributed by atoms with Crippen molar-refractivity contribution >= 4 is 21.8 Å². The molecule has 0 aliphatic heterocycles. The van der Waals surface area contributed by atoms with Gasteiger partial charge in [-0.25, -0.2) is 0 Å². The third kappa shape index (κ3) is 3.42. The molecular formula is C30H38N2O2. The van der Waals surface area contributed by atoms with E-state index in [0.29, 0.717) is 0 Å². The SMILES string of the molecule is CCCCn1c(C)c(C2C(O)C(c3c(C)n(CCCC)c4ccccc34)C2O)c2ccccc21. The normalized spacial score (nSPS) is 22.5. The van der Waals surface area contributed by atoms with E-state index in [1.807, 2.05) is 0 Å². The van der Waals surface area contributed by atoms with Crippen LogP contribution in [-0.2, 0) is 13.1 Å². The van der Waals surface area contributed by atoms with Crippen molar-refractivity contribution in [1.29, 1.82) is 0 Å². The van der Waals surface area contributed by atoms with Gasteiger partial charge in [-0.3, -0.25) is 0 Å². The molecule has 2 N–H and O–H groups in total. The molecule has 1 fully saturated rings. The number of rotatable bonds is 8. The monoisotopic (exact) mass is 458 g/mol. The molecule has 180 valence electrons. The minimum absolute atomic E-state index is 0.269. The first-order valence-electron chi connectivity index (χ1n) is 13.0. The van der Waals surface area contributed by atoms with Crippen LogP contribution in [0.1, 0.15) is 73.9 Å². The summed E-state index contributed by atoms with van der Waals surface area (Å²) in [5.74, 6) is -0.537. The van der Waals surface area contributed by atoms with E-state index >= 15 is 0 Å². The standard InChI is InChI=1S/C30H38N2O2/c1-5-7-17-31-19(3)25(21-13-9-11-15-23(21)31)27-29(33)28(30(27)34)26-20(4)32(18-8-6-2)24-16-12-10-14-22(24)26/h9-16,27-30,33-34H,5-8,17-18H2,1-4H3. The molecule has 4 heteroatoms. The van der Waals surface area contributed by atoms with Gasteiger partial charge in [0.15, 0.2) is 0 Å². The quantitative estimate of drug-likeness (QED) is 0.320. The first kappa shape index (κ1) is 23.2. The van der Waals surface area contributed by atoms with E-state index in [9.17, 15) is 10.2 Å². The van der Waals surface area contributed by atoms with Crippen LogP contribution in [0.4, 0.5) is 0 Å². The zero-order valence-corrected chi connectivity index (χ0v) is 21.0. The van der Waals surface area contributed by atoms with Gasteiger partial charge < -0.3 is 19.3 Å². The molecule has 4 nitrogen and oxygen atoms in total. The van der Waals surface area contributed by atoms with Crippen molar-refractivity contribution in [3.05, 3.63) is 71.0 Å². The second-order valence-electron chi connectivity index (χ2n) is 10.1. The molecule has 0 bridgehead atoms. The summed E-state index contributed by atoms with van der Waals surface area (Å²) in [6, 6.07) is 16.9. The van der Waals surface area contributed by atoms with Crippen LogP contribution in [0.5, 0.6) is 0 Å². The Labute approximate surface area is 202 Å². The van der Waals surface area contributed by atoms with Gasteiger partial charge in [-0.2, -0.15) is 0 Å². The van der Waals surface area contributed by atoms with Crippen molar-refractivity contribution < 1.29 is 10.2 Å². The Bertz CT molecular complexity index is 1200. The molecule has 4 aromatic rings. The Kier molecular flexibility index (Phi) is 6.30. The van der Waals surface area contributed by atoms with Gasteiger partial charge in [-0.1, -0.05) is 63.1 Å². The van der Waals surface area contributed by atoms with Gasteiger partial charge in [-0.15, -0.1) is 0 Å². The van der Waals surface area contributed by atoms with Crippen LogP contribution < -0.4 is 0 Å². The van der Waals surface area contributed by atoms with E-state index < -0.39 is 12.2 Å². The van der Waals surface area contributed by atoms with Crippen LogP contribution in [0.2, 0.25) is 0 Å². The Morgan fingerprint density at radius 1 is 0.647 bits per heavy atom. The van der Waals surface area contributed by atoms with Crippen LogP contribution >= 0.6 is 0 Å². The lowest BCUT2D eigenvalue weighted by molar-refractivity contribution is -0.0780. The number of hydrogen-bond acceptors (Lipinski definition) is 2. The Balaban J connectivity index is 1.57. The highest BCUT2D eigenvalue weighted by atomic mass is 16.3. The topological polar surface area (TPSA) is 50.3 Å². The maximum absolute atomic E-state index is 11.6. The molecule has 0 spiro atoms. The number of fused-ring (bicyclic) bond motifs is 2. The first-order valence-corrected chi connectivity index (χ1v) is 13.0. The van der Waals surface area contributed by atoms with Crippen molar-refractivity contribution in [2.75, 3.05) is 0 Å². The summed E-state index contributed by atoms with van der Waals surface area (Å²) in [7, 11) is 0. The fraction of sp³-hybridized carbons (Fsp3) is 0.467. The van der Waals surface area contributed by atoms with E-state index in [2.05, 4.69) is 85.4 Å². The maximum Gasteiger partial charge on any atom is 0.0729 e. The lowest BCUT2D eigenvalue weighted by Gasteiger charge is -2.47. The number of nitrogens with zero attached hydrogens (tertiary/aromatic N) is 2. The Morgan fingerprint density at radius 3 is 1.41 bits per heavy atom. The average Bonchev–Trinajstić information content (AvgIpc) is 3.27. The summed E-state index contributed by atoms with van der Waals surface area (Å²) in [4.78, 5) is 0. The van der Waals surface area contributed by atoms with Gasteiger partial charge in [-0.05, 0) is 49.9 Å². The number of unbranched alkanes of at least 4 members (excludes halogenated alkanes) is 2. The maximum atomic E-state index is 11.6. The predicted octanol–water partition coefficient (Wildman–Crippen LogP) is 6.42. The minimum Gasteiger partial charge on any atom is -0.392 e. The minimum atomic E-state index is -0.608. The van der Waals surface area contributed by atoms with Crippen LogP contribution in [0.15, 0.2) is 48.5 Å². The van der Waals surface area contributed by atoms with Gasteiger partial charge in [0.1, 0.15) is 0 Å². The Hall–Kier alpha value is -2.56. The lowest BCUT2D eigenvalue weighted by Crippen LogP contribution is -2.52. The molecule has 34 heavy (non-hydrogen) atoms. The number of aliphatic hydroxyl groups excluding tert-OH is 2. The summed E-state index contributed by atoms with van der Waals surface area (Å²) in [6.45, 7) is 10.7. The summed E-state index contributed by atoms with van der Waals surface area (Å²) >= 11 is 0. The van der Waals surface area contributed by atoms with Gasteiger partial charge in [0.05, 0.1) is 12.2 Å². The fourth-order valence-electron chi connectivity index (χ4n) is 6.35. The highest BCUT2D eigenvalue weighted by molar-refractivity contribution is 5.88. The molecule has 5 rings (SSSR count). The van der Waals surface area contributed by atoms with Crippen molar-refractivity contribution in [2.24, 2.45) is 0 Å². The van der Waals surface area contributed by atoms with Crippen molar-refractivity contribution in [3.63, 3.8) is 0 Å². The largest absolute Gasteiger partial charge is 0.392 e. The zero-order chi connectivity index (χ0) is 24.0. The third-order valence-electron chi connectivity index (χ3n) is 8.17. The third-order valence-corrected chi connectivity index (χ3v) is 8.17. The highest BCUT2D eigenvalue weighted by Crippen LogP contribution is 2.53. The van der Waals surface area contributed by atoms with Crippen LogP contribution in [0, 0.1) is 13.8 Å². The molecule has 0 amide bonds. The molecule has 2 heterocycles. The molecule has 0 atom stereocenters. The molecule has 0 radical (unpaired) electrons. The first-order chi connectivity index (χ1) is 16.5. The Morgan fingerprint density at radius 2 is 1.03 bits per heavy atom. The molecule has 1 aliphatic carbocycles. The molecule has 1 aliphatic rings. The molecule has 0 saturated heterocycles. The second-order valence-corrected chi connectivity index (χ2v) is 10.1. The van der Waals surface area contributed by atoms with Crippen molar-refractivity contribution in [1.82, 2.24) is 9.13 Å². The van der Waals surface area contributed by atoms with Crippen LogP contribution in [-0.4, -0.2) is 31.6 Å². The number of para-hydroxylation sites is 2. The molecule has 2 aromatic heterocycles. The summed E-state index contributed by atoms with van der Waals surface area (Å²) in [5, 5.41) is 25.5. The number of aromatic nitrogens is 2. The number of aliphatic hydroxyl groups is 2. The fourth-order valence-corrected chi connectivity index (χ4v) is 6.35. The van der Waals surface area contributed by atoms with Crippen LogP contribution in [0.3, 0.4) is 0 Å². The molecule has 0 unspecified atom stereocenters. The molecule has 2 aromatic carbocycles. The van der Waals surface area contributed by atoms with Gasteiger partial charge in [0.25, 0.3) is 0 Å².